The van der Waals surface area contributed by atoms with Crippen LogP contribution in [0.4, 0.5) is 15.8 Å². The maximum Gasteiger partial charge on any atom is 0.169 e. The zero-order chi connectivity index (χ0) is 17.9. The molecule has 0 amide bonds. The normalized spacial score (nSPS) is 12.6. The molecule has 5 heteroatoms. The average molecular weight is 348 g/mol. The van der Waals surface area contributed by atoms with Gasteiger partial charge in [-0.05, 0) is 36.4 Å². The molecule has 1 heterocycles. The van der Waals surface area contributed by atoms with Crippen LogP contribution in [0.5, 0.6) is 17.2 Å². The van der Waals surface area contributed by atoms with Gasteiger partial charge in [-0.2, -0.15) is 0 Å². The van der Waals surface area contributed by atoms with Gasteiger partial charge in [0.15, 0.2) is 11.5 Å². The van der Waals surface area contributed by atoms with Crippen LogP contribution >= 0.6 is 0 Å². The number of benzene rings is 3. The van der Waals surface area contributed by atoms with Crippen LogP contribution in [0.3, 0.4) is 0 Å². The zero-order valence-electron chi connectivity index (χ0n) is 14.2. The van der Waals surface area contributed by atoms with Gasteiger partial charge in [-0.15, -0.1) is 0 Å². The molecule has 0 unspecified atom stereocenters. The summed E-state index contributed by atoms with van der Waals surface area (Å²) < 4.78 is 25.4. The lowest BCUT2D eigenvalue weighted by atomic mass is 10.1. The molecule has 26 heavy (non-hydrogen) atoms. The van der Waals surface area contributed by atoms with Crippen molar-refractivity contribution in [3.8, 4) is 17.2 Å². The second kappa shape index (κ2) is 6.88. The molecular formula is C21H17FN2O2. The van der Waals surface area contributed by atoms with Crippen molar-refractivity contribution in [2.24, 2.45) is 4.99 Å². The third-order valence-electron chi connectivity index (χ3n) is 4.19. The first-order chi connectivity index (χ1) is 12.8. The molecule has 1 aliphatic rings. The lowest BCUT2D eigenvalue weighted by Crippen LogP contribution is -2.22. The number of nitrogens with zero attached hydrogens (tertiary/aromatic N) is 2. The van der Waals surface area contributed by atoms with E-state index < -0.39 is 0 Å². The third-order valence-corrected chi connectivity index (χ3v) is 4.19. The van der Waals surface area contributed by atoms with Gasteiger partial charge < -0.3 is 14.4 Å². The largest absolute Gasteiger partial charge is 0.493 e. The van der Waals surface area contributed by atoms with Gasteiger partial charge in [0.05, 0.1) is 18.4 Å². The van der Waals surface area contributed by atoms with E-state index >= 15 is 0 Å². The Labute approximate surface area is 151 Å². The first-order valence-corrected chi connectivity index (χ1v) is 8.23. The molecule has 0 N–H and O–H groups in total. The van der Waals surface area contributed by atoms with E-state index in [0.717, 1.165) is 17.1 Å². The fourth-order valence-electron chi connectivity index (χ4n) is 2.92. The molecule has 3 aromatic rings. The summed E-state index contributed by atoms with van der Waals surface area (Å²) in [6, 6.07) is 20.2. The number of anilines is 2. The van der Waals surface area contributed by atoms with E-state index in [1.165, 1.54) is 6.07 Å². The highest BCUT2D eigenvalue weighted by atomic mass is 19.1. The highest BCUT2D eigenvalue weighted by Gasteiger charge is 2.19. The molecule has 130 valence electrons. The van der Waals surface area contributed by atoms with Gasteiger partial charge in [-0.1, -0.05) is 24.3 Å². The van der Waals surface area contributed by atoms with Crippen molar-refractivity contribution in [2.45, 2.75) is 0 Å². The van der Waals surface area contributed by atoms with E-state index in [9.17, 15) is 4.39 Å². The second-order valence-electron chi connectivity index (χ2n) is 5.80. The van der Waals surface area contributed by atoms with Gasteiger partial charge >= 0.3 is 0 Å². The zero-order valence-corrected chi connectivity index (χ0v) is 14.2. The van der Waals surface area contributed by atoms with Gasteiger partial charge in [0.1, 0.15) is 18.2 Å². The smallest absolute Gasteiger partial charge is 0.169 e. The number of aliphatic imine (C=N–C) groups is 1. The minimum Gasteiger partial charge on any atom is -0.493 e. The number of methoxy groups -OCH3 is 1. The van der Waals surface area contributed by atoms with Crippen molar-refractivity contribution < 1.29 is 13.9 Å². The number of rotatable bonds is 4. The second-order valence-corrected chi connectivity index (χ2v) is 5.80. The maximum atomic E-state index is 14.0. The predicted molar refractivity (Wildman–Crippen MR) is 101 cm³/mol. The van der Waals surface area contributed by atoms with Crippen LogP contribution in [0.1, 0.15) is 5.56 Å². The number of ether oxygens (including phenoxy) is 2. The fraction of sp³-hybridized carbons (Fsp3) is 0.0952. The minimum absolute atomic E-state index is 0.285. The summed E-state index contributed by atoms with van der Waals surface area (Å²) in [5.41, 5.74) is 2.12. The van der Waals surface area contributed by atoms with E-state index in [2.05, 4.69) is 4.99 Å². The molecule has 1 aliphatic heterocycles. The molecule has 3 aromatic carbocycles. The Bertz CT molecular complexity index is 957. The summed E-state index contributed by atoms with van der Waals surface area (Å²) in [7, 11) is 1.60. The highest BCUT2D eigenvalue weighted by molar-refractivity contribution is 5.92. The van der Waals surface area contributed by atoms with E-state index in [4.69, 9.17) is 9.47 Å². The minimum atomic E-state index is -0.285. The summed E-state index contributed by atoms with van der Waals surface area (Å²) >= 11 is 0. The summed E-state index contributed by atoms with van der Waals surface area (Å²) in [5.74, 6) is 1.65. The number of fused-ring (bicyclic) bond motifs is 1. The Kier molecular flexibility index (Phi) is 4.27. The Morgan fingerprint density at radius 1 is 0.962 bits per heavy atom. The molecule has 0 saturated heterocycles. The molecule has 4 rings (SSSR count). The molecular weight excluding hydrogens is 331 g/mol. The summed E-state index contributed by atoms with van der Waals surface area (Å²) in [6.45, 7) is 0.415. The highest BCUT2D eigenvalue weighted by Crippen LogP contribution is 2.38. The van der Waals surface area contributed by atoms with Crippen molar-refractivity contribution in [1.82, 2.24) is 0 Å². The summed E-state index contributed by atoms with van der Waals surface area (Å²) in [4.78, 5) is 6.21. The third kappa shape index (κ3) is 2.99. The van der Waals surface area contributed by atoms with E-state index in [1.807, 2.05) is 59.5 Å². The standard InChI is InChI=1S/C21H17FN2O2/c1-25-21-12-15(10-11-20(21)26-16-6-3-2-4-7-16)24-14-23-13-17-18(22)8-5-9-19(17)24/h2-13H,14H2,1H3. The maximum absolute atomic E-state index is 14.0. The first kappa shape index (κ1) is 16.1. The fourth-order valence-corrected chi connectivity index (χ4v) is 2.92. The van der Waals surface area contributed by atoms with Gasteiger partial charge in [-0.3, -0.25) is 4.99 Å². The summed E-state index contributed by atoms with van der Waals surface area (Å²) in [5, 5.41) is 0. The van der Waals surface area contributed by atoms with E-state index in [0.29, 0.717) is 23.7 Å². The molecule has 4 nitrogen and oxygen atoms in total. The van der Waals surface area contributed by atoms with E-state index in [-0.39, 0.29) is 5.82 Å². The van der Waals surface area contributed by atoms with Crippen molar-refractivity contribution in [3.63, 3.8) is 0 Å². The van der Waals surface area contributed by atoms with Crippen LogP contribution in [-0.2, 0) is 0 Å². The number of hydrogen-bond donors (Lipinski definition) is 0. The van der Waals surface area contributed by atoms with Crippen LogP contribution in [0.25, 0.3) is 0 Å². The number of hydrogen-bond acceptors (Lipinski definition) is 4. The van der Waals surface area contributed by atoms with Crippen molar-refractivity contribution in [1.29, 1.82) is 0 Å². The van der Waals surface area contributed by atoms with Crippen molar-refractivity contribution >= 4 is 17.6 Å². The Morgan fingerprint density at radius 3 is 2.62 bits per heavy atom. The topological polar surface area (TPSA) is 34.1 Å². The Hall–Kier alpha value is -3.34. The molecule has 0 atom stereocenters. The average Bonchev–Trinajstić information content (AvgIpc) is 2.69. The molecule has 0 spiro atoms. The van der Waals surface area contributed by atoms with Crippen molar-refractivity contribution in [3.05, 3.63) is 78.1 Å². The van der Waals surface area contributed by atoms with Crippen LogP contribution in [0.15, 0.2) is 71.7 Å². The van der Waals surface area contributed by atoms with E-state index in [1.54, 1.807) is 19.4 Å². The molecule has 0 saturated carbocycles. The van der Waals surface area contributed by atoms with Gasteiger partial charge in [0.25, 0.3) is 0 Å². The van der Waals surface area contributed by atoms with Crippen LogP contribution < -0.4 is 14.4 Å². The predicted octanol–water partition coefficient (Wildman–Crippen LogP) is 5.15. The van der Waals surface area contributed by atoms with Crippen molar-refractivity contribution in [2.75, 3.05) is 18.7 Å². The Balaban J connectivity index is 1.69. The number of halogens is 1. The first-order valence-electron chi connectivity index (χ1n) is 8.23. The van der Waals surface area contributed by atoms with Crippen LogP contribution in [-0.4, -0.2) is 20.0 Å². The molecule has 0 radical (unpaired) electrons. The molecule has 0 aliphatic carbocycles. The van der Waals surface area contributed by atoms with Crippen LogP contribution in [0.2, 0.25) is 0 Å². The van der Waals surface area contributed by atoms with Gasteiger partial charge in [0.2, 0.25) is 0 Å². The number of para-hydroxylation sites is 1. The molecule has 0 bridgehead atoms. The summed E-state index contributed by atoms with van der Waals surface area (Å²) in [6.07, 6.45) is 1.57. The Morgan fingerprint density at radius 2 is 1.81 bits per heavy atom. The van der Waals surface area contributed by atoms with Gasteiger partial charge in [0, 0.05) is 18.0 Å². The quantitative estimate of drug-likeness (QED) is 0.653. The molecule has 0 fully saturated rings. The lowest BCUT2D eigenvalue weighted by Gasteiger charge is -2.28. The van der Waals surface area contributed by atoms with Gasteiger partial charge in [-0.25, -0.2) is 4.39 Å². The monoisotopic (exact) mass is 348 g/mol. The SMILES string of the molecule is COc1cc(N2CN=Cc3c(F)cccc32)ccc1Oc1ccccc1. The molecule has 0 aromatic heterocycles. The lowest BCUT2D eigenvalue weighted by molar-refractivity contribution is 0.379. The van der Waals surface area contributed by atoms with Crippen LogP contribution in [0, 0.1) is 5.82 Å².